The first kappa shape index (κ1) is 11.0. The summed E-state index contributed by atoms with van der Waals surface area (Å²) in [6, 6.07) is 7.93. The van der Waals surface area contributed by atoms with Gasteiger partial charge in [-0.15, -0.1) is 0 Å². The van der Waals surface area contributed by atoms with Gasteiger partial charge in [0.05, 0.1) is 10.4 Å². The Bertz CT molecular complexity index is 576. The summed E-state index contributed by atoms with van der Waals surface area (Å²) in [5.41, 5.74) is 1.12. The van der Waals surface area contributed by atoms with Crippen molar-refractivity contribution in [1.29, 1.82) is 0 Å². The molecule has 0 bridgehead atoms. The zero-order chi connectivity index (χ0) is 11.8. The lowest BCUT2D eigenvalue weighted by atomic mass is 10.0. The van der Waals surface area contributed by atoms with E-state index < -0.39 is 0 Å². The molecule has 0 saturated heterocycles. The summed E-state index contributed by atoms with van der Waals surface area (Å²) in [7, 11) is 0. The minimum atomic E-state index is 0.0665. The molecule has 2 aromatic rings. The van der Waals surface area contributed by atoms with Crippen LogP contribution in [-0.4, -0.2) is 16.6 Å². The average Bonchev–Trinajstić information content (AvgIpc) is 2.76. The highest BCUT2D eigenvalue weighted by atomic mass is 79.9. The van der Waals surface area contributed by atoms with E-state index in [1.165, 1.54) is 0 Å². The van der Waals surface area contributed by atoms with Crippen LogP contribution in [0.15, 0.2) is 34.9 Å². The van der Waals surface area contributed by atoms with Gasteiger partial charge in [0.25, 0.3) is 0 Å². The highest BCUT2D eigenvalue weighted by molar-refractivity contribution is 9.10. The first-order chi connectivity index (χ1) is 8.25. The molecular formula is C12H8BrClN2O. The Morgan fingerprint density at radius 3 is 3.00 bits per heavy atom. The monoisotopic (exact) mass is 310 g/mol. The van der Waals surface area contributed by atoms with Gasteiger partial charge in [0.1, 0.15) is 23.3 Å². The Morgan fingerprint density at radius 1 is 1.35 bits per heavy atom. The predicted molar refractivity (Wildman–Crippen MR) is 68.5 cm³/mol. The first-order valence-electron chi connectivity index (χ1n) is 5.15. The molecule has 5 heteroatoms. The van der Waals surface area contributed by atoms with Gasteiger partial charge in [-0.05, 0) is 22.0 Å². The van der Waals surface area contributed by atoms with Crippen LogP contribution in [0.3, 0.4) is 0 Å². The molecule has 1 atom stereocenters. The summed E-state index contributed by atoms with van der Waals surface area (Å²) in [5.74, 6) is 1.67. The maximum atomic E-state index is 5.98. The van der Waals surface area contributed by atoms with Crippen LogP contribution in [0, 0.1) is 0 Å². The highest BCUT2D eigenvalue weighted by Crippen LogP contribution is 2.37. The molecule has 0 spiro atoms. The standard InChI is InChI=1S/C12H8BrClN2O/c13-9-5-15-12(16-11(9)14)8-6-17-10-4-2-1-3-7(8)10/h1-5,8H,6H2. The van der Waals surface area contributed by atoms with Crippen LogP contribution in [0.25, 0.3) is 0 Å². The van der Waals surface area contributed by atoms with Crippen LogP contribution in [-0.2, 0) is 0 Å². The van der Waals surface area contributed by atoms with Crippen LogP contribution in [0.4, 0.5) is 0 Å². The van der Waals surface area contributed by atoms with E-state index in [4.69, 9.17) is 16.3 Å². The first-order valence-corrected chi connectivity index (χ1v) is 6.32. The van der Waals surface area contributed by atoms with E-state index in [1.54, 1.807) is 6.20 Å². The van der Waals surface area contributed by atoms with E-state index in [0.29, 0.717) is 22.1 Å². The predicted octanol–water partition coefficient (Wildman–Crippen LogP) is 3.42. The fourth-order valence-corrected chi connectivity index (χ4v) is 2.23. The van der Waals surface area contributed by atoms with E-state index >= 15 is 0 Å². The highest BCUT2D eigenvalue weighted by Gasteiger charge is 2.27. The van der Waals surface area contributed by atoms with Crippen molar-refractivity contribution in [2.24, 2.45) is 0 Å². The topological polar surface area (TPSA) is 35.0 Å². The van der Waals surface area contributed by atoms with Crippen molar-refractivity contribution in [3.8, 4) is 5.75 Å². The maximum Gasteiger partial charge on any atom is 0.146 e. The third-order valence-electron chi connectivity index (χ3n) is 2.73. The minimum Gasteiger partial charge on any atom is -0.492 e. The Balaban J connectivity index is 2.04. The summed E-state index contributed by atoms with van der Waals surface area (Å²) in [5, 5.41) is 0.430. The number of rotatable bonds is 1. The Morgan fingerprint density at radius 2 is 2.18 bits per heavy atom. The summed E-state index contributed by atoms with van der Waals surface area (Å²) >= 11 is 9.26. The van der Waals surface area contributed by atoms with Gasteiger partial charge in [-0.1, -0.05) is 29.8 Å². The van der Waals surface area contributed by atoms with Crippen LogP contribution in [0.1, 0.15) is 17.3 Å². The van der Waals surface area contributed by atoms with E-state index in [2.05, 4.69) is 25.9 Å². The normalized spacial score (nSPS) is 17.6. The summed E-state index contributed by atoms with van der Waals surface area (Å²) < 4.78 is 6.30. The Hall–Kier alpha value is -1.13. The second-order valence-corrected chi connectivity index (χ2v) is 4.98. The second-order valence-electron chi connectivity index (χ2n) is 3.77. The largest absolute Gasteiger partial charge is 0.492 e. The van der Waals surface area contributed by atoms with E-state index in [9.17, 15) is 0 Å². The number of hydrogen-bond acceptors (Lipinski definition) is 3. The van der Waals surface area contributed by atoms with Gasteiger partial charge in [-0.25, -0.2) is 9.97 Å². The van der Waals surface area contributed by atoms with Gasteiger partial charge in [-0.3, -0.25) is 0 Å². The average molecular weight is 312 g/mol. The quantitative estimate of drug-likeness (QED) is 0.757. The molecule has 1 unspecified atom stereocenters. The fourth-order valence-electron chi connectivity index (χ4n) is 1.90. The van der Waals surface area contributed by atoms with Gasteiger partial charge in [0, 0.05) is 11.8 Å². The Kier molecular flexibility index (Phi) is 2.76. The van der Waals surface area contributed by atoms with Crippen molar-refractivity contribution < 1.29 is 4.74 Å². The van der Waals surface area contributed by atoms with Gasteiger partial charge in [-0.2, -0.15) is 0 Å². The van der Waals surface area contributed by atoms with Gasteiger partial charge in [0.2, 0.25) is 0 Å². The fraction of sp³-hybridized carbons (Fsp3) is 0.167. The molecule has 2 heterocycles. The van der Waals surface area contributed by atoms with Crippen molar-refractivity contribution in [3.05, 3.63) is 51.5 Å². The molecule has 1 aliphatic heterocycles. The number of hydrogen-bond donors (Lipinski definition) is 0. The molecule has 1 aromatic carbocycles. The van der Waals surface area contributed by atoms with E-state index in [0.717, 1.165) is 11.3 Å². The molecule has 0 fully saturated rings. The smallest absolute Gasteiger partial charge is 0.146 e. The van der Waals surface area contributed by atoms with Crippen molar-refractivity contribution in [2.45, 2.75) is 5.92 Å². The van der Waals surface area contributed by atoms with Crippen LogP contribution >= 0.6 is 27.5 Å². The van der Waals surface area contributed by atoms with Gasteiger partial charge in [0.15, 0.2) is 0 Å². The minimum absolute atomic E-state index is 0.0665. The molecule has 0 aliphatic carbocycles. The molecule has 17 heavy (non-hydrogen) atoms. The van der Waals surface area contributed by atoms with Crippen molar-refractivity contribution in [3.63, 3.8) is 0 Å². The molecule has 0 amide bonds. The second kappa shape index (κ2) is 4.27. The molecule has 0 saturated carbocycles. The van der Waals surface area contributed by atoms with E-state index in [-0.39, 0.29) is 5.92 Å². The van der Waals surface area contributed by atoms with Crippen LogP contribution in [0.2, 0.25) is 5.15 Å². The molecule has 0 N–H and O–H groups in total. The number of nitrogens with zero attached hydrogens (tertiary/aromatic N) is 2. The lowest BCUT2D eigenvalue weighted by molar-refractivity contribution is 0.339. The summed E-state index contributed by atoms with van der Waals surface area (Å²) in [6.07, 6.45) is 1.67. The zero-order valence-electron chi connectivity index (χ0n) is 8.73. The van der Waals surface area contributed by atoms with Gasteiger partial charge >= 0.3 is 0 Å². The van der Waals surface area contributed by atoms with Gasteiger partial charge < -0.3 is 4.74 Å². The lowest BCUT2D eigenvalue weighted by Gasteiger charge is -2.07. The van der Waals surface area contributed by atoms with E-state index in [1.807, 2.05) is 24.3 Å². The molecular weight excluding hydrogens is 304 g/mol. The van der Waals surface area contributed by atoms with Crippen LogP contribution < -0.4 is 4.74 Å². The number of halogens is 2. The molecule has 3 rings (SSSR count). The van der Waals surface area contributed by atoms with Crippen LogP contribution in [0.5, 0.6) is 5.75 Å². The lowest BCUT2D eigenvalue weighted by Crippen LogP contribution is -2.07. The summed E-state index contributed by atoms with van der Waals surface area (Å²) in [6.45, 7) is 0.567. The maximum absolute atomic E-state index is 5.98. The number of benzene rings is 1. The third-order valence-corrected chi connectivity index (χ3v) is 3.83. The third kappa shape index (κ3) is 1.91. The number of ether oxygens (including phenoxy) is 1. The Labute approximate surface area is 112 Å². The number of para-hydroxylation sites is 1. The molecule has 0 radical (unpaired) electrons. The summed E-state index contributed by atoms with van der Waals surface area (Å²) in [4.78, 5) is 8.58. The number of aromatic nitrogens is 2. The van der Waals surface area contributed by atoms with Crippen molar-refractivity contribution in [2.75, 3.05) is 6.61 Å². The zero-order valence-corrected chi connectivity index (χ0v) is 11.1. The number of fused-ring (bicyclic) bond motifs is 1. The molecule has 86 valence electrons. The SMILES string of the molecule is Clc1nc(C2COc3ccccc32)ncc1Br. The molecule has 1 aliphatic rings. The van der Waals surface area contributed by atoms with Crippen molar-refractivity contribution >= 4 is 27.5 Å². The molecule has 1 aromatic heterocycles. The molecule has 3 nitrogen and oxygen atoms in total. The van der Waals surface area contributed by atoms with Crippen molar-refractivity contribution in [1.82, 2.24) is 9.97 Å².